The van der Waals surface area contributed by atoms with Gasteiger partial charge in [-0.2, -0.15) is 0 Å². The molecular formula is C48H82N4O6. The standard InChI is InChI=1S/C48H82N4O6/c1-31(2)32-21-26-48(28-27-46(9)33(39(32)48)17-19-36-45(8)24-23-37(53)44(6,7)35(45)22-25-47(36,46)10)41(56)51-30-16-14-12-11-13-15-29-50-40(55)34(18-20-38(49)54)52-42(57)58-43(3,4)5/h32-37,39,53H,1,11-30H2,2-10H3,(H2,49,54)(H,50,55)(H,51,56)(H,52,57)/t32-,33+,34-,35-,36+,37-,39+,45-,46+,47+,48-/m0/s1. The molecule has 0 radical (unpaired) electrons. The van der Waals surface area contributed by atoms with Crippen LogP contribution in [0.1, 0.15) is 178 Å². The van der Waals surface area contributed by atoms with Crippen molar-refractivity contribution < 1.29 is 29.0 Å². The smallest absolute Gasteiger partial charge is 0.408 e. The zero-order valence-electron chi connectivity index (χ0n) is 38.0. The monoisotopic (exact) mass is 811 g/mol. The molecule has 0 heterocycles. The topological polar surface area (TPSA) is 160 Å². The lowest BCUT2D eigenvalue weighted by atomic mass is 9.32. The summed E-state index contributed by atoms with van der Waals surface area (Å²) in [5.41, 5.74) is 6.14. The molecule has 0 aromatic heterocycles. The van der Waals surface area contributed by atoms with E-state index in [1.165, 1.54) is 31.3 Å². The van der Waals surface area contributed by atoms with Gasteiger partial charge in [-0.15, -0.1) is 0 Å². The van der Waals surface area contributed by atoms with Crippen LogP contribution in [-0.4, -0.2) is 59.8 Å². The minimum Gasteiger partial charge on any atom is -0.444 e. The Morgan fingerprint density at radius 1 is 0.793 bits per heavy atom. The van der Waals surface area contributed by atoms with Crippen molar-refractivity contribution in [1.29, 1.82) is 0 Å². The zero-order valence-corrected chi connectivity index (χ0v) is 38.0. The summed E-state index contributed by atoms with van der Waals surface area (Å²) in [6, 6.07) is -0.894. The molecule has 0 aromatic rings. The second-order valence-corrected chi connectivity index (χ2v) is 22.1. The molecule has 5 aliphatic rings. The Morgan fingerprint density at radius 2 is 1.43 bits per heavy atom. The molecule has 5 saturated carbocycles. The lowest BCUT2D eigenvalue weighted by Gasteiger charge is -2.72. The minimum atomic E-state index is -0.894. The van der Waals surface area contributed by atoms with Crippen molar-refractivity contribution in [1.82, 2.24) is 16.0 Å². The highest BCUT2D eigenvalue weighted by atomic mass is 16.6. The van der Waals surface area contributed by atoms with Crippen LogP contribution in [0.4, 0.5) is 4.79 Å². The van der Waals surface area contributed by atoms with E-state index in [2.05, 4.69) is 64.1 Å². The maximum atomic E-state index is 14.5. The number of primary amides is 1. The van der Waals surface area contributed by atoms with Crippen molar-refractivity contribution >= 4 is 23.8 Å². The van der Waals surface area contributed by atoms with Gasteiger partial charge in [0.1, 0.15) is 11.6 Å². The SMILES string of the molecule is C=C(C)[C@@H]1CC[C@]2(C(=O)NCCCCCCCCNC(=O)[C@H](CCC(N)=O)NC(=O)OC(C)(C)C)CC[C@]3(C)[C@H](CC[C@@H]4[C@@]5(C)CC[C@H](O)C(C)(C)[C@@H]5CC[C@]43C)[C@@H]12. The highest BCUT2D eigenvalue weighted by Crippen LogP contribution is 2.77. The number of allylic oxidation sites excluding steroid dienone is 1. The molecule has 330 valence electrons. The summed E-state index contributed by atoms with van der Waals surface area (Å²) >= 11 is 0. The van der Waals surface area contributed by atoms with Crippen LogP contribution < -0.4 is 21.7 Å². The second kappa shape index (κ2) is 17.8. The molecule has 10 heteroatoms. The Bertz CT molecular complexity index is 1520. The first kappa shape index (κ1) is 46.4. The lowest BCUT2D eigenvalue weighted by Crippen LogP contribution is -2.67. The van der Waals surface area contributed by atoms with Crippen LogP contribution in [0.5, 0.6) is 0 Å². The molecule has 4 amide bonds. The van der Waals surface area contributed by atoms with Gasteiger partial charge in [0, 0.05) is 19.5 Å². The van der Waals surface area contributed by atoms with E-state index in [9.17, 15) is 24.3 Å². The molecule has 5 fully saturated rings. The fraction of sp³-hybridized carbons (Fsp3) is 0.875. The molecule has 0 bridgehead atoms. The van der Waals surface area contributed by atoms with Gasteiger partial charge in [-0.25, -0.2) is 4.79 Å². The molecule has 10 nitrogen and oxygen atoms in total. The van der Waals surface area contributed by atoms with Gasteiger partial charge in [0.25, 0.3) is 0 Å². The molecule has 5 aliphatic carbocycles. The molecule has 0 aliphatic heterocycles. The van der Waals surface area contributed by atoms with Gasteiger partial charge < -0.3 is 31.5 Å². The molecule has 6 N–H and O–H groups in total. The van der Waals surface area contributed by atoms with Crippen molar-refractivity contribution in [2.45, 2.75) is 196 Å². The summed E-state index contributed by atoms with van der Waals surface area (Å²) in [6.07, 6.45) is 16.1. The second-order valence-electron chi connectivity index (χ2n) is 22.1. The number of unbranched alkanes of at least 4 members (excludes halogenated alkanes) is 5. The summed E-state index contributed by atoms with van der Waals surface area (Å²) in [4.78, 5) is 50.9. The third-order valence-corrected chi connectivity index (χ3v) is 17.4. The van der Waals surface area contributed by atoms with Crippen molar-refractivity contribution in [2.75, 3.05) is 13.1 Å². The highest BCUT2D eigenvalue weighted by Gasteiger charge is 2.71. The van der Waals surface area contributed by atoms with E-state index in [4.69, 9.17) is 10.5 Å². The summed E-state index contributed by atoms with van der Waals surface area (Å²) in [5, 5.41) is 20.0. The Hall–Kier alpha value is -2.62. The quantitative estimate of drug-likeness (QED) is 0.0775. The number of aliphatic hydroxyl groups is 1. The summed E-state index contributed by atoms with van der Waals surface area (Å²) in [7, 11) is 0. The molecule has 58 heavy (non-hydrogen) atoms. The van der Waals surface area contributed by atoms with E-state index >= 15 is 0 Å². The molecular weight excluding hydrogens is 729 g/mol. The minimum absolute atomic E-state index is 0.0169. The van der Waals surface area contributed by atoms with Crippen LogP contribution >= 0.6 is 0 Å². The van der Waals surface area contributed by atoms with Gasteiger partial charge in [0.05, 0.1) is 11.5 Å². The van der Waals surface area contributed by atoms with E-state index in [0.717, 1.165) is 77.0 Å². The first-order chi connectivity index (χ1) is 27.0. The zero-order chi connectivity index (χ0) is 42.9. The average molecular weight is 811 g/mol. The van der Waals surface area contributed by atoms with E-state index in [1.807, 2.05) is 0 Å². The fourth-order valence-electron chi connectivity index (χ4n) is 14.2. The van der Waals surface area contributed by atoms with Gasteiger partial charge >= 0.3 is 6.09 Å². The Balaban J connectivity index is 1.10. The number of hydrogen-bond donors (Lipinski definition) is 5. The van der Waals surface area contributed by atoms with Crippen LogP contribution in [-0.2, 0) is 19.1 Å². The largest absolute Gasteiger partial charge is 0.444 e. The summed E-state index contributed by atoms with van der Waals surface area (Å²) in [6.45, 7) is 25.7. The lowest BCUT2D eigenvalue weighted by molar-refractivity contribution is -0.246. The number of aliphatic hydroxyl groups excluding tert-OH is 1. The van der Waals surface area contributed by atoms with Gasteiger partial charge in [-0.05, 0) is 162 Å². The maximum Gasteiger partial charge on any atom is 0.408 e. The number of amides is 4. The number of rotatable bonds is 16. The van der Waals surface area contributed by atoms with Gasteiger partial charge in [-0.3, -0.25) is 14.4 Å². The van der Waals surface area contributed by atoms with E-state index in [1.54, 1.807) is 20.8 Å². The van der Waals surface area contributed by atoms with Crippen LogP contribution in [0, 0.1) is 56.7 Å². The molecule has 11 atom stereocenters. The van der Waals surface area contributed by atoms with Crippen molar-refractivity contribution in [3.8, 4) is 0 Å². The number of nitrogens with one attached hydrogen (secondary N) is 3. The first-order valence-corrected chi connectivity index (χ1v) is 23.2. The van der Waals surface area contributed by atoms with Crippen LogP contribution in [0.3, 0.4) is 0 Å². The van der Waals surface area contributed by atoms with Gasteiger partial charge in [-0.1, -0.05) is 72.5 Å². The van der Waals surface area contributed by atoms with Crippen molar-refractivity contribution in [3.05, 3.63) is 12.2 Å². The third kappa shape index (κ3) is 9.03. The number of fused-ring (bicyclic) bond motifs is 7. The van der Waals surface area contributed by atoms with Crippen LogP contribution in [0.2, 0.25) is 0 Å². The predicted octanol–water partition coefficient (Wildman–Crippen LogP) is 8.74. The molecule has 0 aromatic carbocycles. The highest BCUT2D eigenvalue weighted by molar-refractivity contribution is 5.86. The number of carbonyl (C=O) groups is 4. The van der Waals surface area contributed by atoms with E-state index in [-0.39, 0.29) is 51.9 Å². The number of ether oxygens (including phenoxy) is 1. The molecule has 0 saturated heterocycles. The number of nitrogens with two attached hydrogens (primary N) is 1. The number of alkyl carbamates (subject to hydrolysis) is 1. The van der Waals surface area contributed by atoms with Gasteiger partial charge in [0.15, 0.2) is 0 Å². The van der Waals surface area contributed by atoms with Crippen molar-refractivity contribution in [3.63, 3.8) is 0 Å². The van der Waals surface area contributed by atoms with Crippen LogP contribution in [0.15, 0.2) is 12.2 Å². The Labute approximate surface area is 351 Å². The van der Waals surface area contributed by atoms with Crippen LogP contribution in [0.25, 0.3) is 0 Å². The Kier molecular flexibility index (Phi) is 14.2. The number of hydrogen-bond acceptors (Lipinski definition) is 6. The summed E-state index contributed by atoms with van der Waals surface area (Å²) in [5.74, 6) is 1.88. The van der Waals surface area contributed by atoms with Gasteiger partial charge in [0.2, 0.25) is 17.7 Å². The van der Waals surface area contributed by atoms with E-state index in [0.29, 0.717) is 48.6 Å². The third-order valence-electron chi connectivity index (χ3n) is 17.4. The predicted molar refractivity (Wildman–Crippen MR) is 230 cm³/mol. The fourth-order valence-corrected chi connectivity index (χ4v) is 14.2. The van der Waals surface area contributed by atoms with Crippen molar-refractivity contribution in [2.24, 2.45) is 62.4 Å². The average Bonchev–Trinajstić information content (AvgIpc) is 3.53. The molecule has 0 unspecified atom stereocenters. The Morgan fingerprint density at radius 3 is 2.05 bits per heavy atom. The first-order valence-electron chi connectivity index (χ1n) is 23.2. The summed E-state index contributed by atoms with van der Waals surface area (Å²) < 4.78 is 5.28. The molecule has 5 rings (SSSR count). The number of carbonyl (C=O) groups excluding carboxylic acids is 4. The normalized spacial score (nSPS) is 36.9. The van der Waals surface area contributed by atoms with E-state index < -0.39 is 23.6 Å². The maximum absolute atomic E-state index is 14.5. The molecule has 0 spiro atoms.